The van der Waals surface area contributed by atoms with E-state index in [-0.39, 0.29) is 31.2 Å². The molecule has 3 aliphatic rings. The van der Waals surface area contributed by atoms with E-state index in [1.165, 1.54) is 0 Å². The van der Waals surface area contributed by atoms with Gasteiger partial charge in [-0.25, -0.2) is 19.3 Å². The third kappa shape index (κ3) is 20.7. The van der Waals surface area contributed by atoms with Gasteiger partial charge in [0, 0.05) is 63.8 Å². The Morgan fingerprint density at radius 1 is 0.745 bits per heavy atom. The number of guanidine groups is 2. The van der Waals surface area contributed by atoms with Gasteiger partial charge in [0.1, 0.15) is 13.2 Å². The van der Waals surface area contributed by atoms with E-state index in [1.807, 2.05) is 79.9 Å². The van der Waals surface area contributed by atoms with Gasteiger partial charge in [-0.1, -0.05) is 67.2 Å². The number of hydrogen-bond acceptors (Lipinski definition) is 11. The number of rotatable bonds is 7. The topological polar surface area (TPSA) is 225 Å². The van der Waals surface area contributed by atoms with E-state index in [1.54, 1.807) is 10.9 Å². The van der Waals surface area contributed by atoms with Crippen LogP contribution in [0.3, 0.4) is 0 Å². The van der Waals surface area contributed by atoms with E-state index < -0.39 is 12.2 Å². The smallest absolute Gasteiger partial charge is 0.414 e. The van der Waals surface area contributed by atoms with Crippen LogP contribution in [0, 0.1) is 0 Å². The van der Waals surface area contributed by atoms with Crippen molar-refractivity contribution in [1.29, 1.82) is 0 Å². The summed E-state index contributed by atoms with van der Waals surface area (Å²) in [6, 6.07) is 21.1. The van der Waals surface area contributed by atoms with Crippen LogP contribution in [0.15, 0.2) is 95.7 Å². The summed E-state index contributed by atoms with van der Waals surface area (Å²) in [5, 5.41) is 8.93. The molecule has 300 valence electrons. The van der Waals surface area contributed by atoms with Crippen LogP contribution in [0.25, 0.3) is 5.70 Å². The van der Waals surface area contributed by atoms with Crippen molar-refractivity contribution >= 4 is 29.8 Å². The fraction of sp³-hybridized carbons (Fsp3) is 0.462. The van der Waals surface area contributed by atoms with Gasteiger partial charge in [-0.05, 0) is 62.6 Å². The van der Waals surface area contributed by atoms with Crippen molar-refractivity contribution in [3.05, 3.63) is 96.8 Å². The van der Waals surface area contributed by atoms with Crippen molar-refractivity contribution in [1.82, 2.24) is 20.4 Å². The maximum atomic E-state index is 12.2. The third-order valence-electron chi connectivity index (χ3n) is 8.05. The average molecular weight is 764 g/mol. The predicted molar refractivity (Wildman–Crippen MR) is 212 cm³/mol. The molecule has 3 aromatic rings. The van der Waals surface area contributed by atoms with Gasteiger partial charge in [0.2, 0.25) is 5.96 Å². The van der Waals surface area contributed by atoms with Gasteiger partial charge >= 0.3 is 12.2 Å². The average Bonchev–Trinajstić information content (AvgIpc) is 3.75. The molecule has 3 aliphatic heterocycles. The van der Waals surface area contributed by atoms with Gasteiger partial charge in [-0.15, -0.1) is 0 Å². The molecule has 8 N–H and O–H groups in total. The summed E-state index contributed by atoms with van der Waals surface area (Å²) < 4.78 is 27.7. The van der Waals surface area contributed by atoms with Gasteiger partial charge in [0.25, 0.3) is 0 Å². The van der Waals surface area contributed by atoms with Crippen molar-refractivity contribution in [3.8, 4) is 0 Å². The zero-order valence-corrected chi connectivity index (χ0v) is 31.7. The summed E-state index contributed by atoms with van der Waals surface area (Å²) in [4.78, 5) is 32.9. The minimum absolute atomic E-state index is 0.00183. The summed E-state index contributed by atoms with van der Waals surface area (Å²) in [7, 11) is 0. The fourth-order valence-electron chi connectivity index (χ4n) is 5.04. The number of alkyl carbamates (subject to hydrolysis) is 2. The Balaban J connectivity index is 0.000000259. The minimum atomic E-state index is -0.715. The Kier molecular flexibility index (Phi) is 21.2. The fourth-order valence-corrected chi connectivity index (χ4v) is 5.04. The molecule has 0 spiro atoms. The minimum Gasteiger partial charge on any atom is -0.444 e. The quantitative estimate of drug-likeness (QED) is 0.168. The lowest BCUT2D eigenvalue weighted by atomic mass is 10.1. The van der Waals surface area contributed by atoms with Crippen LogP contribution in [-0.2, 0) is 36.9 Å². The number of benzene rings is 2. The first-order valence-corrected chi connectivity index (χ1v) is 18.4. The first-order chi connectivity index (χ1) is 26.7. The number of aromatic nitrogens is 2. The second-order valence-electron chi connectivity index (χ2n) is 12.7. The Labute approximate surface area is 323 Å². The van der Waals surface area contributed by atoms with Crippen LogP contribution in [0.5, 0.6) is 0 Å². The molecule has 16 heteroatoms. The summed E-state index contributed by atoms with van der Waals surface area (Å²) in [5.41, 5.74) is 18.6. The first-order valence-electron chi connectivity index (χ1n) is 18.4. The molecule has 0 saturated carbocycles. The van der Waals surface area contributed by atoms with Crippen LogP contribution >= 0.6 is 0 Å². The summed E-state index contributed by atoms with van der Waals surface area (Å²) >= 11 is 0. The van der Waals surface area contributed by atoms with Crippen molar-refractivity contribution in [2.24, 2.45) is 27.2 Å². The standard InChI is InChI=1S/C22H25N3O5.C6H13N3O.C6H8N2.C5H11NO/c26-21(29-15-17-7-3-1-4-8-17)24-20(23-19-11-13-28-14-12-19)25-22(27)30-16-18-9-5-2-6-10-18;7-6(8)9-5-1-3-10-4-2-5;1-6(2)8-5-3-4-7-8;6-5-1-3-7-4-2-5/h1-10,19H,11-16H2,(H2,23,24,25,26,27);5H,1-4H2,(H4,7,8,9);3-5H,1H2,2H3;5H,1-4,6H2. The maximum absolute atomic E-state index is 12.2. The molecule has 0 bridgehead atoms. The molecule has 3 saturated heterocycles. The Morgan fingerprint density at radius 3 is 1.53 bits per heavy atom. The summed E-state index contributed by atoms with van der Waals surface area (Å²) in [5.74, 6) is 0.185. The lowest BCUT2D eigenvalue weighted by Crippen LogP contribution is -2.45. The molecule has 0 atom stereocenters. The number of aliphatic imine (C=N–C) groups is 2. The van der Waals surface area contributed by atoms with Gasteiger partial charge in [-0.2, -0.15) is 5.10 Å². The van der Waals surface area contributed by atoms with E-state index in [9.17, 15) is 9.59 Å². The Morgan fingerprint density at radius 2 is 1.18 bits per heavy atom. The third-order valence-corrected chi connectivity index (χ3v) is 8.05. The number of nitrogens with two attached hydrogens (primary N) is 3. The monoisotopic (exact) mass is 763 g/mol. The highest BCUT2D eigenvalue weighted by Gasteiger charge is 2.18. The summed E-state index contributed by atoms with van der Waals surface area (Å²) in [6.45, 7) is 10.3. The molecule has 6 rings (SSSR count). The summed E-state index contributed by atoms with van der Waals surface area (Å²) in [6.07, 6.45) is 7.53. The highest BCUT2D eigenvalue weighted by molar-refractivity contribution is 6.01. The first kappa shape index (κ1) is 44.1. The molecule has 16 nitrogen and oxygen atoms in total. The molecule has 0 radical (unpaired) electrons. The Hall–Kier alpha value is -5.29. The molecular weight excluding hydrogens is 706 g/mol. The number of carbonyl (C=O) groups excluding carboxylic acids is 2. The number of allylic oxidation sites excluding steroid dienone is 1. The highest BCUT2D eigenvalue weighted by Crippen LogP contribution is 2.11. The highest BCUT2D eigenvalue weighted by atomic mass is 16.6. The van der Waals surface area contributed by atoms with Gasteiger partial charge in [0.05, 0.1) is 12.1 Å². The van der Waals surface area contributed by atoms with E-state index >= 15 is 0 Å². The van der Waals surface area contributed by atoms with Crippen molar-refractivity contribution in [2.75, 3.05) is 39.6 Å². The molecule has 4 heterocycles. The van der Waals surface area contributed by atoms with E-state index in [2.05, 4.69) is 32.3 Å². The number of nitrogens with zero attached hydrogens (tertiary/aromatic N) is 4. The second-order valence-corrected chi connectivity index (χ2v) is 12.7. The lowest BCUT2D eigenvalue weighted by Gasteiger charge is -2.20. The van der Waals surface area contributed by atoms with Crippen molar-refractivity contribution < 1.29 is 33.3 Å². The SMILES string of the molecule is C=C(C)n1cccn1.NC(N)=NC1CCOCC1.NC1CCOCC1.O=C(NC(=NC1CCOCC1)NC(=O)OCc1ccccc1)OCc1ccccc1. The maximum Gasteiger partial charge on any atom is 0.414 e. The number of nitrogens with one attached hydrogen (secondary N) is 2. The van der Waals surface area contributed by atoms with Gasteiger partial charge in [0.15, 0.2) is 5.96 Å². The number of ether oxygens (including phenoxy) is 5. The zero-order chi connectivity index (χ0) is 39.5. The predicted octanol–water partition coefficient (Wildman–Crippen LogP) is 4.31. The second kappa shape index (κ2) is 26.5. The van der Waals surface area contributed by atoms with Crippen LogP contribution < -0.4 is 27.8 Å². The Bertz CT molecular complexity index is 1490. The van der Waals surface area contributed by atoms with Crippen molar-refractivity contribution in [2.45, 2.75) is 76.8 Å². The van der Waals surface area contributed by atoms with E-state index in [0.717, 1.165) is 68.9 Å². The van der Waals surface area contributed by atoms with Gasteiger partial charge < -0.3 is 40.9 Å². The van der Waals surface area contributed by atoms with E-state index in [4.69, 9.17) is 40.9 Å². The van der Waals surface area contributed by atoms with E-state index in [0.29, 0.717) is 38.1 Å². The largest absolute Gasteiger partial charge is 0.444 e. The van der Waals surface area contributed by atoms with Crippen LogP contribution in [0.1, 0.15) is 56.6 Å². The van der Waals surface area contributed by atoms with Crippen molar-refractivity contribution in [3.63, 3.8) is 0 Å². The number of hydrogen-bond donors (Lipinski definition) is 5. The molecule has 1 aromatic heterocycles. The van der Waals surface area contributed by atoms with Crippen LogP contribution in [0.4, 0.5) is 9.59 Å². The normalized spacial score (nSPS) is 15.7. The molecule has 55 heavy (non-hydrogen) atoms. The zero-order valence-electron chi connectivity index (χ0n) is 31.7. The molecule has 0 unspecified atom stereocenters. The molecular formula is C39H57N9O7. The number of carbonyl (C=O) groups is 2. The number of amides is 2. The molecule has 3 fully saturated rings. The molecule has 0 aliphatic carbocycles. The van der Waals surface area contributed by atoms with Crippen LogP contribution in [0.2, 0.25) is 0 Å². The van der Waals surface area contributed by atoms with Crippen LogP contribution in [-0.4, -0.2) is 91.7 Å². The lowest BCUT2D eigenvalue weighted by molar-refractivity contribution is 0.0865. The molecule has 2 aromatic carbocycles. The molecule has 2 amide bonds. The van der Waals surface area contributed by atoms with Gasteiger partial charge in [-0.3, -0.25) is 15.6 Å².